The summed E-state index contributed by atoms with van der Waals surface area (Å²) in [6.45, 7) is 11.1. The van der Waals surface area contributed by atoms with Gasteiger partial charge >= 0.3 is 0 Å². The lowest BCUT2D eigenvalue weighted by atomic mass is 10.0. The van der Waals surface area contributed by atoms with Crippen molar-refractivity contribution < 1.29 is 0 Å². The molecule has 0 amide bonds. The molecule has 0 spiro atoms. The number of hydrogen-bond acceptors (Lipinski definition) is 6. The summed E-state index contributed by atoms with van der Waals surface area (Å²) in [6.07, 6.45) is 0. The maximum absolute atomic E-state index is 4.04. The number of hydrogen-bond donors (Lipinski definition) is 1. The van der Waals surface area contributed by atoms with E-state index in [0.717, 1.165) is 31.9 Å². The van der Waals surface area contributed by atoms with E-state index in [0.29, 0.717) is 0 Å². The van der Waals surface area contributed by atoms with E-state index in [1.807, 2.05) is 5.38 Å². The van der Waals surface area contributed by atoms with Crippen LogP contribution in [0.4, 0.5) is 0 Å². The van der Waals surface area contributed by atoms with Crippen LogP contribution < -0.4 is 5.32 Å². The van der Waals surface area contributed by atoms with Gasteiger partial charge in [-0.2, -0.15) is 0 Å². The molecule has 1 N–H and O–H groups in total. The van der Waals surface area contributed by atoms with Crippen LogP contribution in [0.2, 0.25) is 0 Å². The summed E-state index contributed by atoms with van der Waals surface area (Å²) < 4.78 is 3.87. The fourth-order valence-electron chi connectivity index (χ4n) is 2.28. The van der Waals surface area contributed by atoms with Crippen molar-refractivity contribution in [1.29, 1.82) is 0 Å². The third-order valence-electron chi connectivity index (χ3n) is 3.63. The summed E-state index contributed by atoms with van der Waals surface area (Å²) in [5.41, 5.74) is 1.24. The molecule has 1 aliphatic heterocycles. The summed E-state index contributed by atoms with van der Waals surface area (Å²) in [6, 6.07) is 0. The Morgan fingerprint density at radius 1 is 1.33 bits per heavy atom. The van der Waals surface area contributed by atoms with Gasteiger partial charge in [-0.15, -0.1) is 5.10 Å². The second kappa shape index (κ2) is 6.06. The van der Waals surface area contributed by atoms with E-state index in [1.165, 1.54) is 24.6 Å². The predicted molar refractivity (Wildman–Crippen MR) is 74.8 cm³/mol. The SMILES string of the molecule is CN1CCN(C(C)(C)CNCc2csnn2)CC1. The van der Waals surface area contributed by atoms with Crippen LogP contribution in [0.5, 0.6) is 0 Å². The van der Waals surface area contributed by atoms with Crippen molar-refractivity contribution in [2.24, 2.45) is 0 Å². The molecule has 0 saturated carbocycles. The Morgan fingerprint density at radius 3 is 2.67 bits per heavy atom. The monoisotopic (exact) mass is 269 g/mol. The Labute approximate surface area is 113 Å². The molecular formula is C12H23N5S. The van der Waals surface area contributed by atoms with Gasteiger partial charge in [0.15, 0.2) is 0 Å². The standard InChI is InChI=1S/C12H23N5S/c1-12(2,17-6-4-16(3)5-7-17)10-13-8-11-9-18-15-14-11/h9,13H,4-8,10H2,1-3H3. The van der Waals surface area contributed by atoms with E-state index in [4.69, 9.17) is 0 Å². The Hall–Kier alpha value is -0.560. The molecule has 0 aromatic carbocycles. The van der Waals surface area contributed by atoms with E-state index in [-0.39, 0.29) is 5.54 Å². The van der Waals surface area contributed by atoms with Gasteiger partial charge in [0.25, 0.3) is 0 Å². The molecule has 1 saturated heterocycles. The number of nitrogens with one attached hydrogen (secondary N) is 1. The third-order valence-corrected chi connectivity index (χ3v) is 4.18. The number of likely N-dealkylation sites (N-methyl/N-ethyl adjacent to an activating group) is 1. The first-order valence-corrected chi connectivity index (χ1v) is 7.32. The highest BCUT2D eigenvalue weighted by atomic mass is 32.1. The van der Waals surface area contributed by atoms with Gasteiger partial charge in [0.1, 0.15) is 0 Å². The first kappa shape index (κ1) is 13.9. The highest BCUT2D eigenvalue weighted by molar-refractivity contribution is 7.03. The van der Waals surface area contributed by atoms with Crippen LogP contribution in [0.25, 0.3) is 0 Å². The molecule has 0 aliphatic carbocycles. The predicted octanol–water partition coefficient (Wildman–Crippen LogP) is 0.654. The normalized spacial score (nSPS) is 19.3. The van der Waals surface area contributed by atoms with Crippen LogP contribution in [-0.2, 0) is 6.54 Å². The lowest BCUT2D eigenvalue weighted by Gasteiger charge is -2.43. The quantitative estimate of drug-likeness (QED) is 0.850. The fraction of sp³-hybridized carbons (Fsp3) is 0.833. The molecule has 1 aromatic heterocycles. The van der Waals surface area contributed by atoms with Gasteiger partial charge in [0, 0.05) is 50.2 Å². The summed E-state index contributed by atoms with van der Waals surface area (Å²) in [4.78, 5) is 4.96. The molecule has 18 heavy (non-hydrogen) atoms. The Kier molecular flexibility index (Phi) is 4.66. The van der Waals surface area contributed by atoms with Crippen molar-refractivity contribution in [2.75, 3.05) is 39.8 Å². The zero-order valence-electron chi connectivity index (χ0n) is 11.5. The molecule has 1 aliphatic rings. The molecule has 5 nitrogen and oxygen atoms in total. The van der Waals surface area contributed by atoms with Crippen LogP contribution in [-0.4, -0.2) is 64.7 Å². The van der Waals surface area contributed by atoms with E-state index < -0.39 is 0 Å². The molecule has 1 fully saturated rings. The minimum Gasteiger partial charge on any atom is -0.309 e. The largest absolute Gasteiger partial charge is 0.309 e. The minimum absolute atomic E-state index is 0.199. The molecule has 1 aromatic rings. The average Bonchev–Trinajstić information content (AvgIpc) is 2.82. The van der Waals surface area contributed by atoms with Crippen LogP contribution in [0.1, 0.15) is 19.5 Å². The summed E-state index contributed by atoms with van der Waals surface area (Å²) in [7, 11) is 2.19. The van der Waals surface area contributed by atoms with Crippen molar-refractivity contribution in [1.82, 2.24) is 24.7 Å². The van der Waals surface area contributed by atoms with Gasteiger partial charge in [-0.05, 0) is 32.4 Å². The highest BCUT2D eigenvalue weighted by Crippen LogP contribution is 2.15. The van der Waals surface area contributed by atoms with Crippen LogP contribution in [0.3, 0.4) is 0 Å². The third kappa shape index (κ3) is 3.71. The first-order valence-electron chi connectivity index (χ1n) is 6.48. The number of piperazine rings is 1. The molecule has 0 unspecified atom stereocenters. The average molecular weight is 269 g/mol. The zero-order valence-corrected chi connectivity index (χ0v) is 12.3. The summed E-state index contributed by atoms with van der Waals surface area (Å²) in [5, 5.41) is 9.53. The van der Waals surface area contributed by atoms with Crippen molar-refractivity contribution >= 4 is 11.5 Å². The lowest BCUT2D eigenvalue weighted by Crippen LogP contribution is -2.57. The molecule has 0 atom stereocenters. The van der Waals surface area contributed by atoms with Gasteiger partial charge in [0.2, 0.25) is 0 Å². The number of rotatable bonds is 5. The summed E-state index contributed by atoms with van der Waals surface area (Å²) in [5.74, 6) is 0. The topological polar surface area (TPSA) is 44.3 Å². The molecule has 102 valence electrons. The molecule has 0 radical (unpaired) electrons. The fourth-order valence-corrected chi connectivity index (χ4v) is 2.73. The maximum atomic E-state index is 4.04. The second-order valence-corrected chi connectivity index (χ2v) is 6.21. The first-order chi connectivity index (χ1) is 8.58. The van der Waals surface area contributed by atoms with Crippen LogP contribution >= 0.6 is 11.5 Å². The zero-order chi connectivity index (χ0) is 13.0. The lowest BCUT2D eigenvalue weighted by molar-refractivity contribution is 0.0617. The van der Waals surface area contributed by atoms with Crippen LogP contribution in [0.15, 0.2) is 5.38 Å². The van der Waals surface area contributed by atoms with E-state index in [1.54, 1.807) is 0 Å². The van der Waals surface area contributed by atoms with Gasteiger partial charge in [-0.3, -0.25) is 4.90 Å². The second-order valence-electron chi connectivity index (χ2n) is 5.60. The van der Waals surface area contributed by atoms with Gasteiger partial charge < -0.3 is 10.2 Å². The Balaban J connectivity index is 1.76. The van der Waals surface area contributed by atoms with Crippen molar-refractivity contribution in [3.63, 3.8) is 0 Å². The van der Waals surface area contributed by atoms with Crippen molar-refractivity contribution in [3.8, 4) is 0 Å². The Bertz CT molecular complexity index is 343. The summed E-state index contributed by atoms with van der Waals surface area (Å²) >= 11 is 1.41. The minimum atomic E-state index is 0.199. The molecule has 6 heteroatoms. The Morgan fingerprint density at radius 2 is 2.06 bits per heavy atom. The molecular weight excluding hydrogens is 246 g/mol. The number of nitrogens with zero attached hydrogens (tertiary/aromatic N) is 4. The smallest absolute Gasteiger partial charge is 0.0893 e. The van der Waals surface area contributed by atoms with E-state index in [9.17, 15) is 0 Å². The number of aromatic nitrogens is 2. The van der Waals surface area contributed by atoms with Gasteiger partial charge in [0.05, 0.1) is 5.69 Å². The van der Waals surface area contributed by atoms with E-state index in [2.05, 4.69) is 45.6 Å². The van der Waals surface area contributed by atoms with Gasteiger partial charge in [-0.1, -0.05) is 4.49 Å². The van der Waals surface area contributed by atoms with Gasteiger partial charge in [-0.25, -0.2) is 0 Å². The molecule has 2 heterocycles. The van der Waals surface area contributed by atoms with Crippen molar-refractivity contribution in [2.45, 2.75) is 25.9 Å². The van der Waals surface area contributed by atoms with Crippen molar-refractivity contribution in [3.05, 3.63) is 11.1 Å². The van der Waals surface area contributed by atoms with E-state index >= 15 is 0 Å². The molecule has 2 rings (SSSR count). The highest BCUT2D eigenvalue weighted by Gasteiger charge is 2.28. The maximum Gasteiger partial charge on any atom is 0.0893 e. The molecule has 0 bridgehead atoms. The van der Waals surface area contributed by atoms with Crippen LogP contribution in [0, 0.1) is 0 Å².